The van der Waals surface area contributed by atoms with E-state index in [0.29, 0.717) is 15.6 Å². The molecule has 1 aromatic heterocycles. The molecular weight excluding hydrogens is 342 g/mol. The molecule has 0 bridgehead atoms. The van der Waals surface area contributed by atoms with Gasteiger partial charge in [-0.05, 0) is 57.3 Å². The number of phenols is 2. The number of hydrogen-bond acceptors (Lipinski definition) is 3. The van der Waals surface area contributed by atoms with Crippen molar-refractivity contribution in [2.75, 3.05) is 0 Å². The molecule has 0 saturated heterocycles. The highest BCUT2D eigenvalue weighted by Crippen LogP contribution is 2.44. The maximum absolute atomic E-state index is 10.4. The van der Waals surface area contributed by atoms with E-state index in [1.165, 1.54) is 0 Å². The van der Waals surface area contributed by atoms with Crippen LogP contribution in [0.15, 0.2) is 22.8 Å². The average molecular weight is 360 g/mol. The number of rotatable bonds is 2. The average Bonchev–Trinajstić information content (AvgIpc) is 2.50. The summed E-state index contributed by atoms with van der Waals surface area (Å²) in [6.45, 7) is 3.87. The molecule has 0 unspecified atom stereocenters. The van der Waals surface area contributed by atoms with Gasteiger partial charge >= 0.3 is 0 Å². The van der Waals surface area contributed by atoms with Crippen LogP contribution in [0.25, 0.3) is 23.4 Å². The quantitative estimate of drug-likeness (QED) is 0.863. The summed E-state index contributed by atoms with van der Waals surface area (Å²) >= 11 is 3.45. The largest absolute Gasteiger partial charge is 0.507 e. The van der Waals surface area contributed by atoms with Crippen LogP contribution in [0.4, 0.5) is 0 Å². The van der Waals surface area contributed by atoms with Crippen molar-refractivity contribution in [3.05, 3.63) is 38.8 Å². The van der Waals surface area contributed by atoms with Crippen LogP contribution >= 0.6 is 15.9 Å². The van der Waals surface area contributed by atoms with Crippen LogP contribution in [0.5, 0.6) is 11.5 Å². The molecule has 0 saturated carbocycles. The van der Waals surface area contributed by atoms with Crippen molar-refractivity contribution >= 4 is 28.1 Å². The second-order valence-electron chi connectivity index (χ2n) is 5.86. The Hall–Kier alpha value is -1.81. The van der Waals surface area contributed by atoms with Crippen molar-refractivity contribution in [3.8, 4) is 22.8 Å². The van der Waals surface area contributed by atoms with Crippen molar-refractivity contribution in [2.24, 2.45) is 0 Å². The molecule has 3 nitrogen and oxygen atoms in total. The lowest BCUT2D eigenvalue weighted by Gasteiger charge is -2.15. The molecule has 114 valence electrons. The molecule has 1 heterocycles. The lowest BCUT2D eigenvalue weighted by Crippen LogP contribution is -2.27. The number of phenolic OH excluding ortho intramolecular Hbond substituents is 2. The van der Waals surface area contributed by atoms with Gasteiger partial charge in [0.1, 0.15) is 11.5 Å². The van der Waals surface area contributed by atoms with Gasteiger partial charge in [0, 0.05) is 17.3 Å². The van der Waals surface area contributed by atoms with Gasteiger partial charge in [0.2, 0.25) is 0 Å². The first-order chi connectivity index (χ1) is 10.5. The fourth-order valence-electron chi connectivity index (χ4n) is 2.85. The van der Waals surface area contributed by atoms with Crippen LogP contribution in [0.2, 0.25) is 0 Å². The maximum atomic E-state index is 10.4. The van der Waals surface area contributed by atoms with Crippen molar-refractivity contribution in [1.82, 2.24) is 4.98 Å². The summed E-state index contributed by atoms with van der Waals surface area (Å²) in [5.41, 5.74) is 1.98. The number of aromatic hydroxyl groups is 2. The van der Waals surface area contributed by atoms with Crippen LogP contribution < -0.4 is 10.4 Å². The number of nitrogens with zero attached hydrogens (tertiary/aromatic N) is 1. The molecule has 2 N–H and O–H groups in total. The van der Waals surface area contributed by atoms with E-state index in [4.69, 9.17) is 0 Å². The third-order valence-corrected chi connectivity index (χ3v) is 4.78. The molecule has 3 rings (SSSR count). The summed E-state index contributed by atoms with van der Waals surface area (Å²) < 4.78 is 0.571. The number of hydrogen-bond donors (Lipinski definition) is 2. The van der Waals surface area contributed by atoms with Crippen LogP contribution in [0.3, 0.4) is 0 Å². The zero-order valence-corrected chi connectivity index (χ0v) is 14.2. The van der Waals surface area contributed by atoms with Crippen LogP contribution in [-0.4, -0.2) is 15.2 Å². The Morgan fingerprint density at radius 1 is 1.09 bits per heavy atom. The Morgan fingerprint density at radius 2 is 1.77 bits per heavy atom. The molecule has 2 aromatic rings. The Balaban J connectivity index is 2.22. The van der Waals surface area contributed by atoms with Gasteiger partial charge in [-0.1, -0.05) is 26.0 Å². The van der Waals surface area contributed by atoms with Crippen molar-refractivity contribution in [1.29, 1.82) is 0 Å². The minimum atomic E-state index is 0.0322. The zero-order chi connectivity index (χ0) is 15.9. The van der Waals surface area contributed by atoms with Gasteiger partial charge in [0.05, 0.1) is 10.2 Å². The molecule has 0 fully saturated rings. The predicted octanol–water partition coefficient (Wildman–Crippen LogP) is 3.40. The van der Waals surface area contributed by atoms with E-state index >= 15 is 0 Å². The molecule has 22 heavy (non-hydrogen) atoms. The van der Waals surface area contributed by atoms with Gasteiger partial charge in [0.15, 0.2) is 0 Å². The molecule has 4 heteroatoms. The van der Waals surface area contributed by atoms with Gasteiger partial charge in [0.25, 0.3) is 0 Å². The van der Waals surface area contributed by atoms with E-state index in [1.54, 1.807) is 6.07 Å². The summed E-state index contributed by atoms with van der Waals surface area (Å²) in [4.78, 5) is 4.48. The first-order valence-electron chi connectivity index (χ1n) is 7.40. The number of fused-ring (bicyclic) bond motifs is 1. The summed E-state index contributed by atoms with van der Waals surface area (Å²) in [5.74, 6) is 0.214. The summed E-state index contributed by atoms with van der Waals surface area (Å²) in [6, 6.07) is 3.67. The molecular formula is C18H18BrNO2. The molecule has 1 aliphatic rings. The van der Waals surface area contributed by atoms with Gasteiger partial charge in [-0.2, -0.15) is 0 Å². The highest BCUT2D eigenvalue weighted by molar-refractivity contribution is 9.10. The Labute approximate surface area is 137 Å². The van der Waals surface area contributed by atoms with E-state index in [2.05, 4.69) is 33.1 Å². The van der Waals surface area contributed by atoms with Crippen molar-refractivity contribution in [2.45, 2.75) is 32.6 Å². The Bertz CT molecular complexity index is 856. The topological polar surface area (TPSA) is 53.4 Å². The van der Waals surface area contributed by atoms with Crippen molar-refractivity contribution in [3.63, 3.8) is 0 Å². The molecule has 0 aliphatic heterocycles. The van der Waals surface area contributed by atoms with E-state index in [-0.39, 0.29) is 17.4 Å². The highest BCUT2D eigenvalue weighted by atomic mass is 79.9. The normalized spacial score (nSPS) is 13.5. The standard InChI is InChI=1S/C18H18BrNO2/c1-10(2)16-15(21)8-13(17(19)18(16)22)14-7-11-5-3-4-6-12(11)9-20-14/h5-10,21-22H,3-4H2,1-2H3. The molecule has 1 aliphatic carbocycles. The second-order valence-corrected chi connectivity index (χ2v) is 6.65. The Morgan fingerprint density at radius 3 is 2.45 bits per heavy atom. The van der Waals surface area contributed by atoms with Gasteiger partial charge in [-0.15, -0.1) is 0 Å². The molecule has 0 amide bonds. The van der Waals surface area contributed by atoms with Crippen LogP contribution in [0, 0.1) is 0 Å². The molecule has 0 atom stereocenters. The molecule has 0 radical (unpaired) electrons. The predicted molar refractivity (Wildman–Crippen MR) is 92.2 cm³/mol. The van der Waals surface area contributed by atoms with Crippen LogP contribution in [0.1, 0.15) is 38.2 Å². The summed E-state index contributed by atoms with van der Waals surface area (Å²) in [7, 11) is 0. The zero-order valence-electron chi connectivity index (χ0n) is 12.6. The van der Waals surface area contributed by atoms with Gasteiger partial charge in [-0.25, -0.2) is 0 Å². The Kier molecular flexibility index (Phi) is 3.96. The maximum Gasteiger partial charge on any atom is 0.137 e. The first-order valence-corrected chi connectivity index (χ1v) is 8.19. The fourth-order valence-corrected chi connectivity index (χ4v) is 3.39. The van der Waals surface area contributed by atoms with Crippen molar-refractivity contribution < 1.29 is 10.2 Å². The number of halogens is 1. The minimum Gasteiger partial charge on any atom is -0.507 e. The lowest BCUT2D eigenvalue weighted by atomic mass is 9.97. The van der Waals surface area contributed by atoms with E-state index in [0.717, 1.165) is 29.0 Å². The third-order valence-electron chi connectivity index (χ3n) is 3.97. The fraction of sp³-hybridized carbons (Fsp3) is 0.278. The van der Waals surface area contributed by atoms with E-state index < -0.39 is 0 Å². The summed E-state index contributed by atoms with van der Waals surface area (Å²) in [5, 5.41) is 22.9. The van der Waals surface area contributed by atoms with E-state index in [1.807, 2.05) is 26.1 Å². The lowest BCUT2D eigenvalue weighted by molar-refractivity contribution is 0.431. The SMILES string of the molecule is CC(C)c1c(O)cc(-c2cc3c(cn2)=CCCC=3)c(Br)c1O. The van der Waals surface area contributed by atoms with Gasteiger partial charge in [-0.3, -0.25) is 4.98 Å². The van der Waals surface area contributed by atoms with E-state index in [9.17, 15) is 10.2 Å². The smallest absolute Gasteiger partial charge is 0.137 e. The van der Waals surface area contributed by atoms with Crippen LogP contribution in [-0.2, 0) is 0 Å². The first kappa shape index (κ1) is 15.1. The van der Waals surface area contributed by atoms with Gasteiger partial charge < -0.3 is 10.2 Å². The molecule has 0 spiro atoms. The summed E-state index contributed by atoms with van der Waals surface area (Å²) in [6.07, 6.45) is 8.29. The number of benzene rings is 1. The second kappa shape index (κ2) is 5.76. The number of pyridine rings is 1. The molecule has 1 aromatic carbocycles. The number of aromatic nitrogens is 1. The highest BCUT2D eigenvalue weighted by Gasteiger charge is 2.19. The third kappa shape index (κ3) is 2.52. The minimum absolute atomic E-state index is 0.0322. The monoisotopic (exact) mass is 359 g/mol.